The quantitative estimate of drug-likeness (QED) is 0.792. The topological polar surface area (TPSA) is 106 Å². The van der Waals surface area contributed by atoms with E-state index in [-0.39, 0.29) is 6.42 Å². The number of sulfone groups is 1. The van der Waals surface area contributed by atoms with Crippen LogP contribution >= 0.6 is 0 Å². The lowest BCUT2D eigenvalue weighted by molar-refractivity contribution is -0.149. The fourth-order valence-corrected chi connectivity index (χ4v) is 3.57. The van der Waals surface area contributed by atoms with Crippen LogP contribution in [0, 0.1) is 5.92 Å². The van der Waals surface area contributed by atoms with Crippen LogP contribution in [0.1, 0.15) is 26.3 Å². The molecule has 2 aromatic rings. The maximum absolute atomic E-state index is 12.6. The zero-order valence-corrected chi connectivity index (χ0v) is 15.7. The zero-order chi connectivity index (χ0) is 19.5. The van der Waals surface area contributed by atoms with Gasteiger partial charge >= 0.3 is 5.97 Å². The first-order valence-electron chi connectivity index (χ1n) is 8.09. The summed E-state index contributed by atoms with van der Waals surface area (Å²) in [5.41, 5.74) is 0.777. The third-order valence-electron chi connectivity index (χ3n) is 3.99. The van der Waals surface area contributed by atoms with Gasteiger partial charge in [-0.25, -0.2) is 13.2 Å². The highest BCUT2D eigenvalue weighted by molar-refractivity contribution is 7.92. The summed E-state index contributed by atoms with van der Waals surface area (Å²) in [6, 6.07) is 11.3. The zero-order valence-electron chi connectivity index (χ0n) is 14.9. The lowest BCUT2D eigenvalue weighted by Crippen LogP contribution is -2.39. The van der Waals surface area contributed by atoms with Gasteiger partial charge in [0.05, 0.1) is 16.4 Å². The van der Waals surface area contributed by atoms with Crippen molar-refractivity contribution in [1.82, 2.24) is 4.73 Å². The van der Waals surface area contributed by atoms with Gasteiger partial charge in [0.1, 0.15) is 0 Å². The Labute approximate surface area is 152 Å². The van der Waals surface area contributed by atoms with Crippen LogP contribution in [0.15, 0.2) is 42.5 Å². The van der Waals surface area contributed by atoms with Crippen LogP contribution in [0.3, 0.4) is 0 Å². The van der Waals surface area contributed by atoms with Gasteiger partial charge in [0.2, 0.25) is 11.8 Å². The van der Waals surface area contributed by atoms with Crippen molar-refractivity contribution in [3.05, 3.63) is 48.0 Å². The second-order valence-corrected chi connectivity index (χ2v) is 9.82. The number of carbonyl (C=O) groups is 1. The number of hydrogen-bond donors (Lipinski definition) is 2. The average molecular weight is 381 g/mol. The Hall–Kier alpha value is -2.48. The Balaban J connectivity index is 2.29. The number of aromatic nitrogens is 1. The van der Waals surface area contributed by atoms with Gasteiger partial charge in [0.25, 0.3) is 0 Å². The Bertz CT molecular complexity index is 845. The number of rotatable bonds is 6. The van der Waals surface area contributed by atoms with Crippen molar-refractivity contribution in [2.45, 2.75) is 31.9 Å². The van der Waals surface area contributed by atoms with Gasteiger partial charge in [0.15, 0.2) is 9.84 Å². The number of benzene rings is 1. The molecular formula is C18H23NO6S. The molecule has 0 aliphatic rings. The van der Waals surface area contributed by atoms with Crippen molar-refractivity contribution in [2.75, 3.05) is 5.75 Å². The second-order valence-electron chi connectivity index (χ2n) is 7.03. The van der Waals surface area contributed by atoms with Gasteiger partial charge < -0.3 is 15.1 Å². The molecule has 2 rings (SSSR count). The number of carbonyl (C=O) groups excluding carboxylic acids is 1. The highest BCUT2D eigenvalue weighted by Gasteiger charge is 2.35. The van der Waals surface area contributed by atoms with Crippen molar-refractivity contribution in [2.24, 2.45) is 5.92 Å². The summed E-state index contributed by atoms with van der Waals surface area (Å²) in [6.45, 7) is 4.70. The molecule has 0 saturated carbocycles. The smallest absolute Gasteiger partial charge is 0.337 e. The largest absolute Gasteiger partial charge is 0.492 e. The summed E-state index contributed by atoms with van der Waals surface area (Å²) >= 11 is 0. The van der Waals surface area contributed by atoms with E-state index in [1.165, 1.54) is 0 Å². The first-order chi connectivity index (χ1) is 12.0. The van der Waals surface area contributed by atoms with Crippen molar-refractivity contribution >= 4 is 15.8 Å². The molecule has 0 amide bonds. The first-order valence-corrected chi connectivity index (χ1v) is 9.74. The molecule has 0 bridgehead atoms. The van der Waals surface area contributed by atoms with Crippen molar-refractivity contribution in [3.63, 3.8) is 0 Å². The summed E-state index contributed by atoms with van der Waals surface area (Å²) in [4.78, 5) is 17.6. The molecule has 0 aliphatic carbocycles. The SMILES string of the molecule is CC(C)(C)S(=O)(=O)C[C@@H](Cc1ccccc1)C(=O)On1c(O)ccc1O. The fourth-order valence-electron chi connectivity index (χ4n) is 2.28. The molecular weight excluding hydrogens is 358 g/mol. The molecule has 26 heavy (non-hydrogen) atoms. The van der Waals surface area contributed by atoms with E-state index in [2.05, 4.69) is 0 Å². The molecule has 0 radical (unpaired) electrons. The number of nitrogens with zero attached hydrogens (tertiary/aromatic N) is 1. The van der Waals surface area contributed by atoms with Gasteiger partial charge in [-0.2, -0.15) is 0 Å². The van der Waals surface area contributed by atoms with E-state index in [0.717, 1.165) is 17.7 Å². The fraction of sp³-hybridized carbons (Fsp3) is 0.389. The van der Waals surface area contributed by atoms with Crippen LogP contribution < -0.4 is 4.84 Å². The van der Waals surface area contributed by atoms with E-state index >= 15 is 0 Å². The summed E-state index contributed by atoms with van der Waals surface area (Å²) < 4.78 is 24.7. The maximum atomic E-state index is 12.6. The van der Waals surface area contributed by atoms with Gasteiger partial charge in [0, 0.05) is 12.1 Å². The predicted octanol–water partition coefficient (Wildman–Crippen LogP) is 1.93. The molecule has 0 aliphatic heterocycles. The Morgan fingerprint density at radius 1 is 1.08 bits per heavy atom. The lowest BCUT2D eigenvalue weighted by atomic mass is 10.0. The van der Waals surface area contributed by atoms with E-state index < -0.39 is 44.0 Å². The monoisotopic (exact) mass is 381 g/mol. The standard InChI is InChI=1S/C18H23NO6S/c1-18(2,3)26(23,24)12-14(11-13-7-5-4-6-8-13)17(22)25-19-15(20)9-10-16(19)21/h4-10,14,20-21H,11-12H2,1-3H3/t14-/m1/s1. The highest BCUT2D eigenvalue weighted by Crippen LogP contribution is 2.23. The van der Waals surface area contributed by atoms with E-state index in [1.807, 2.05) is 6.07 Å². The Morgan fingerprint density at radius 3 is 2.12 bits per heavy atom. The minimum absolute atomic E-state index is 0.151. The molecule has 1 aromatic carbocycles. The summed E-state index contributed by atoms with van der Waals surface area (Å²) in [7, 11) is -3.60. The van der Waals surface area contributed by atoms with Gasteiger partial charge in [-0.1, -0.05) is 30.3 Å². The average Bonchev–Trinajstić information content (AvgIpc) is 2.86. The van der Waals surface area contributed by atoms with Crippen LogP contribution in [-0.2, 0) is 21.1 Å². The maximum Gasteiger partial charge on any atom is 0.337 e. The minimum Gasteiger partial charge on any atom is -0.492 e. The molecule has 0 fully saturated rings. The molecule has 7 nitrogen and oxygen atoms in total. The molecule has 0 unspecified atom stereocenters. The van der Waals surface area contributed by atoms with Gasteiger partial charge in [-0.05, 0) is 32.8 Å². The molecule has 142 valence electrons. The third-order valence-corrected chi connectivity index (χ3v) is 6.70. The van der Waals surface area contributed by atoms with Crippen molar-refractivity contribution < 1.29 is 28.3 Å². The Morgan fingerprint density at radius 2 is 1.62 bits per heavy atom. The second kappa shape index (κ2) is 7.41. The minimum atomic E-state index is -3.60. The lowest BCUT2D eigenvalue weighted by Gasteiger charge is -2.23. The Kier molecular flexibility index (Phi) is 5.65. The predicted molar refractivity (Wildman–Crippen MR) is 96.5 cm³/mol. The molecule has 8 heteroatoms. The van der Waals surface area contributed by atoms with Gasteiger partial charge in [-0.15, -0.1) is 4.73 Å². The summed E-state index contributed by atoms with van der Waals surface area (Å²) in [6.07, 6.45) is 0.151. The van der Waals surface area contributed by atoms with E-state index in [1.54, 1.807) is 45.0 Å². The van der Waals surface area contributed by atoms with Crippen LogP contribution in [0.25, 0.3) is 0 Å². The molecule has 1 atom stereocenters. The van der Waals surface area contributed by atoms with Crippen LogP contribution in [0.5, 0.6) is 11.8 Å². The molecule has 1 aromatic heterocycles. The van der Waals surface area contributed by atoms with Crippen LogP contribution in [0.4, 0.5) is 0 Å². The summed E-state index contributed by atoms with van der Waals surface area (Å²) in [5.74, 6) is -3.19. The molecule has 2 N–H and O–H groups in total. The highest BCUT2D eigenvalue weighted by atomic mass is 32.2. The molecule has 0 spiro atoms. The summed E-state index contributed by atoms with van der Waals surface area (Å²) in [5, 5.41) is 19.2. The van der Waals surface area contributed by atoms with Crippen LogP contribution in [-0.4, -0.2) is 39.8 Å². The van der Waals surface area contributed by atoms with Crippen molar-refractivity contribution in [3.8, 4) is 11.8 Å². The van der Waals surface area contributed by atoms with E-state index in [0.29, 0.717) is 4.73 Å². The molecule has 1 heterocycles. The number of aromatic hydroxyl groups is 2. The number of hydrogen-bond acceptors (Lipinski definition) is 6. The van der Waals surface area contributed by atoms with E-state index in [4.69, 9.17) is 4.84 Å². The van der Waals surface area contributed by atoms with Gasteiger partial charge in [-0.3, -0.25) is 0 Å². The normalized spacial score (nSPS) is 13.3. The molecule has 0 saturated heterocycles. The third kappa shape index (κ3) is 4.57. The first kappa shape index (κ1) is 19.8. The van der Waals surface area contributed by atoms with Crippen LogP contribution in [0.2, 0.25) is 0 Å². The van der Waals surface area contributed by atoms with Crippen molar-refractivity contribution in [1.29, 1.82) is 0 Å². The van der Waals surface area contributed by atoms with E-state index in [9.17, 15) is 23.4 Å².